The molecular formula is C19H14Cl2N2O4. The Labute approximate surface area is 164 Å². The number of aromatic hydroxyl groups is 1. The molecular weight excluding hydrogens is 391 g/mol. The van der Waals surface area contributed by atoms with Crippen LogP contribution in [0.1, 0.15) is 28.6 Å². The average Bonchev–Trinajstić information content (AvgIpc) is 3.01. The van der Waals surface area contributed by atoms with Crippen LogP contribution in [-0.2, 0) is 4.84 Å². The number of aromatic nitrogens is 1. The first kappa shape index (κ1) is 18.9. The molecule has 1 N–H and O–H groups in total. The molecule has 0 amide bonds. The second-order valence-corrected chi connectivity index (χ2v) is 6.45. The predicted octanol–water partition coefficient (Wildman–Crippen LogP) is 5.24. The number of rotatable bonds is 4. The molecule has 27 heavy (non-hydrogen) atoms. The number of hydrogen-bond acceptors (Lipinski definition) is 6. The van der Waals surface area contributed by atoms with E-state index in [0.29, 0.717) is 26.9 Å². The van der Waals surface area contributed by atoms with Crippen LogP contribution in [0.2, 0.25) is 10.0 Å². The Hall–Kier alpha value is -2.83. The van der Waals surface area contributed by atoms with Gasteiger partial charge in [-0.15, -0.1) is 0 Å². The van der Waals surface area contributed by atoms with Crippen molar-refractivity contribution in [2.75, 3.05) is 0 Å². The summed E-state index contributed by atoms with van der Waals surface area (Å²) in [6, 6.07) is 11.5. The van der Waals surface area contributed by atoms with Crippen LogP contribution in [0.25, 0.3) is 11.3 Å². The van der Waals surface area contributed by atoms with Crippen molar-refractivity contribution < 1.29 is 19.3 Å². The largest absolute Gasteiger partial charge is 0.507 e. The van der Waals surface area contributed by atoms with Crippen molar-refractivity contribution in [2.24, 2.45) is 5.16 Å². The molecule has 0 spiro atoms. The standard InChI is InChI=1S/C19H14Cl2N2O4/c1-10(12-6-3-4-9-15(12)24)22-27-19(25)16-11(2)26-23-18(16)17-13(20)7-5-8-14(17)21/h3-9,24H,1-2H3/b22-10+. The Balaban J connectivity index is 1.94. The highest BCUT2D eigenvalue weighted by molar-refractivity contribution is 6.39. The fourth-order valence-electron chi connectivity index (χ4n) is 2.49. The zero-order valence-electron chi connectivity index (χ0n) is 14.4. The van der Waals surface area contributed by atoms with Crippen LogP contribution in [0.4, 0.5) is 0 Å². The van der Waals surface area contributed by atoms with Gasteiger partial charge in [0.25, 0.3) is 0 Å². The number of hydrogen-bond donors (Lipinski definition) is 1. The number of halogens is 2. The summed E-state index contributed by atoms with van der Waals surface area (Å²) >= 11 is 12.4. The number of nitrogens with zero attached hydrogens (tertiary/aromatic N) is 2. The van der Waals surface area contributed by atoms with Crippen molar-refractivity contribution in [1.29, 1.82) is 0 Å². The Morgan fingerprint density at radius 3 is 2.48 bits per heavy atom. The van der Waals surface area contributed by atoms with Gasteiger partial charge in [-0.3, -0.25) is 0 Å². The molecule has 0 saturated carbocycles. The van der Waals surface area contributed by atoms with E-state index >= 15 is 0 Å². The first-order chi connectivity index (χ1) is 12.9. The van der Waals surface area contributed by atoms with E-state index in [-0.39, 0.29) is 22.8 Å². The highest BCUT2D eigenvalue weighted by Crippen LogP contribution is 2.37. The topological polar surface area (TPSA) is 84.9 Å². The van der Waals surface area contributed by atoms with E-state index in [1.54, 1.807) is 50.2 Å². The van der Waals surface area contributed by atoms with Crippen LogP contribution in [0, 0.1) is 6.92 Å². The lowest BCUT2D eigenvalue weighted by molar-refractivity contribution is 0.0515. The van der Waals surface area contributed by atoms with Gasteiger partial charge in [-0.1, -0.05) is 51.7 Å². The zero-order valence-corrected chi connectivity index (χ0v) is 15.9. The molecule has 6 nitrogen and oxygen atoms in total. The summed E-state index contributed by atoms with van der Waals surface area (Å²) in [5, 5.41) is 18.2. The summed E-state index contributed by atoms with van der Waals surface area (Å²) in [6.07, 6.45) is 0. The van der Waals surface area contributed by atoms with Crippen LogP contribution in [-0.4, -0.2) is 21.9 Å². The maximum Gasteiger partial charge on any atom is 0.371 e. The maximum absolute atomic E-state index is 12.6. The summed E-state index contributed by atoms with van der Waals surface area (Å²) in [4.78, 5) is 17.6. The van der Waals surface area contributed by atoms with E-state index in [4.69, 9.17) is 32.6 Å². The molecule has 8 heteroatoms. The molecule has 0 unspecified atom stereocenters. The van der Waals surface area contributed by atoms with Gasteiger partial charge in [-0.2, -0.15) is 0 Å². The zero-order chi connectivity index (χ0) is 19.6. The van der Waals surface area contributed by atoms with Crippen molar-refractivity contribution in [1.82, 2.24) is 5.16 Å². The van der Waals surface area contributed by atoms with Crippen molar-refractivity contribution in [2.45, 2.75) is 13.8 Å². The second-order valence-electron chi connectivity index (χ2n) is 5.63. The lowest BCUT2D eigenvalue weighted by atomic mass is 10.1. The van der Waals surface area contributed by atoms with Crippen molar-refractivity contribution >= 4 is 34.9 Å². The van der Waals surface area contributed by atoms with Gasteiger partial charge < -0.3 is 14.5 Å². The summed E-state index contributed by atoms with van der Waals surface area (Å²) in [5.41, 5.74) is 1.38. The lowest BCUT2D eigenvalue weighted by Crippen LogP contribution is -2.06. The molecule has 0 aliphatic rings. The fraction of sp³-hybridized carbons (Fsp3) is 0.105. The molecule has 1 heterocycles. The third-order valence-electron chi connectivity index (χ3n) is 3.83. The van der Waals surface area contributed by atoms with Gasteiger partial charge in [0, 0.05) is 11.1 Å². The van der Waals surface area contributed by atoms with Gasteiger partial charge >= 0.3 is 5.97 Å². The molecule has 0 saturated heterocycles. The van der Waals surface area contributed by atoms with Crippen molar-refractivity contribution in [3.63, 3.8) is 0 Å². The molecule has 0 aliphatic heterocycles. The van der Waals surface area contributed by atoms with Crippen LogP contribution in [0.15, 0.2) is 52.1 Å². The quantitative estimate of drug-likeness (QED) is 0.364. The number of aryl methyl sites for hydroxylation is 1. The monoisotopic (exact) mass is 404 g/mol. The van der Waals surface area contributed by atoms with Gasteiger partial charge in [0.05, 0.1) is 15.8 Å². The molecule has 0 fully saturated rings. The minimum absolute atomic E-state index is 0.0273. The molecule has 0 bridgehead atoms. The lowest BCUT2D eigenvalue weighted by Gasteiger charge is -2.06. The van der Waals surface area contributed by atoms with E-state index in [1.807, 2.05) is 0 Å². The molecule has 0 atom stereocenters. The van der Waals surface area contributed by atoms with E-state index in [2.05, 4.69) is 10.3 Å². The predicted molar refractivity (Wildman–Crippen MR) is 102 cm³/mol. The van der Waals surface area contributed by atoms with Gasteiger partial charge in [-0.05, 0) is 38.1 Å². The summed E-state index contributed by atoms with van der Waals surface area (Å²) in [5.74, 6) is -0.518. The van der Waals surface area contributed by atoms with Crippen LogP contribution in [0.3, 0.4) is 0 Å². The first-order valence-corrected chi connectivity index (χ1v) is 8.60. The van der Waals surface area contributed by atoms with Gasteiger partial charge in [-0.25, -0.2) is 4.79 Å². The molecule has 2 aromatic carbocycles. The van der Waals surface area contributed by atoms with Gasteiger partial charge in [0.1, 0.15) is 22.8 Å². The molecule has 138 valence electrons. The summed E-state index contributed by atoms with van der Waals surface area (Å²) in [7, 11) is 0. The molecule has 1 aromatic heterocycles. The maximum atomic E-state index is 12.6. The van der Waals surface area contributed by atoms with Crippen molar-refractivity contribution in [3.05, 3.63) is 69.4 Å². The van der Waals surface area contributed by atoms with Crippen LogP contribution >= 0.6 is 23.2 Å². The average molecular weight is 405 g/mol. The highest BCUT2D eigenvalue weighted by Gasteiger charge is 2.26. The number of phenolic OH excluding ortho intramolecular Hbond substituents is 1. The van der Waals surface area contributed by atoms with Gasteiger partial charge in [0.2, 0.25) is 0 Å². The van der Waals surface area contributed by atoms with Crippen LogP contribution < -0.4 is 0 Å². The van der Waals surface area contributed by atoms with Gasteiger partial charge in [0.15, 0.2) is 0 Å². The molecule has 0 radical (unpaired) electrons. The first-order valence-electron chi connectivity index (χ1n) is 7.85. The minimum atomic E-state index is -0.783. The molecule has 3 rings (SSSR count). The summed E-state index contributed by atoms with van der Waals surface area (Å²) < 4.78 is 5.14. The number of carbonyl (C=O) groups is 1. The Morgan fingerprint density at radius 2 is 1.81 bits per heavy atom. The number of phenols is 1. The number of carbonyl (C=O) groups excluding carboxylic acids is 1. The third kappa shape index (κ3) is 3.82. The van der Waals surface area contributed by atoms with E-state index < -0.39 is 5.97 Å². The number of benzene rings is 2. The molecule has 0 aliphatic carbocycles. The van der Waals surface area contributed by atoms with Crippen LogP contribution in [0.5, 0.6) is 5.75 Å². The smallest absolute Gasteiger partial charge is 0.371 e. The minimum Gasteiger partial charge on any atom is -0.507 e. The Kier molecular flexibility index (Phi) is 5.48. The fourth-order valence-corrected chi connectivity index (χ4v) is 3.07. The van der Waals surface area contributed by atoms with E-state index in [1.165, 1.54) is 6.07 Å². The van der Waals surface area contributed by atoms with Crippen molar-refractivity contribution in [3.8, 4) is 17.0 Å². The molecule has 3 aromatic rings. The third-order valence-corrected chi connectivity index (χ3v) is 4.46. The highest BCUT2D eigenvalue weighted by atomic mass is 35.5. The number of para-hydroxylation sites is 1. The summed E-state index contributed by atoms with van der Waals surface area (Å²) in [6.45, 7) is 3.17. The normalized spacial score (nSPS) is 11.5. The number of oxime groups is 1. The van der Waals surface area contributed by atoms with E-state index in [9.17, 15) is 9.90 Å². The SMILES string of the molecule is C/C(=N\OC(=O)c1c(-c2c(Cl)cccc2Cl)noc1C)c1ccccc1O. The Morgan fingerprint density at radius 1 is 1.15 bits per heavy atom. The second kappa shape index (κ2) is 7.82. The Bertz CT molecular complexity index is 1020. The van der Waals surface area contributed by atoms with E-state index in [0.717, 1.165) is 0 Å².